The number of carbonyl (C=O) groups excluding carboxylic acids is 5. The van der Waals surface area contributed by atoms with E-state index in [0.717, 1.165) is 33.4 Å². The van der Waals surface area contributed by atoms with E-state index in [1.165, 1.54) is 33.0 Å². The van der Waals surface area contributed by atoms with Gasteiger partial charge in [0.2, 0.25) is 12.2 Å². The van der Waals surface area contributed by atoms with Crippen molar-refractivity contribution in [2.75, 3.05) is 44.1 Å². The summed E-state index contributed by atoms with van der Waals surface area (Å²) in [4.78, 5) is 64.6. The number of nitrogens with one attached hydrogen (secondary N) is 2. The average Bonchev–Trinajstić information content (AvgIpc) is 3.46. The Hall–Kier alpha value is -5.48. The minimum atomic E-state index is -3.30. The van der Waals surface area contributed by atoms with Gasteiger partial charge >= 0.3 is 18.2 Å². The molecule has 300 valence electrons. The largest absolute Gasteiger partial charge is 0.459 e. The molecule has 3 aromatic carbocycles. The van der Waals surface area contributed by atoms with Crippen LogP contribution in [-0.2, 0) is 49.8 Å². The van der Waals surface area contributed by atoms with Gasteiger partial charge in [-0.2, -0.15) is 0 Å². The lowest BCUT2D eigenvalue weighted by Crippen LogP contribution is -2.55. The Kier molecular flexibility index (Phi) is 13.4. The number of Topliss-reactive ketones (excluding diaryl/α,β-unsaturated/α-hetero) is 1. The second-order valence-corrected chi connectivity index (χ2v) is 16.4. The highest BCUT2D eigenvalue weighted by atomic mass is 32.2. The van der Waals surface area contributed by atoms with Crippen LogP contribution >= 0.6 is 0 Å². The number of anilines is 1. The molecular formula is C40H47N3O12S. The second kappa shape index (κ2) is 18.0. The van der Waals surface area contributed by atoms with Crippen molar-refractivity contribution < 1.29 is 56.1 Å². The number of fused-ring (bicyclic) bond motifs is 3. The predicted octanol–water partition coefficient (Wildman–Crippen LogP) is 4.67. The van der Waals surface area contributed by atoms with E-state index in [0.29, 0.717) is 5.56 Å². The number of benzene rings is 3. The molecule has 2 aliphatic rings. The zero-order chi connectivity index (χ0) is 40.7. The van der Waals surface area contributed by atoms with Gasteiger partial charge in [-0.15, -0.1) is 0 Å². The number of sulfone groups is 1. The summed E-state index contributed by atoms with van der Waals surface area (Å²) in [6.07, 6.45) is -3.56. The zero-order valence-electron chi connectivity index (χ0n) is 32.1. The van der Waals surface area contributed by atoms with Gasteiger partial charge in [-0.25, -0.2) is 18.0 Å². The van der Waals surface area contributed by atoms with Crippen molar-refractivity contribution in [1.29, 1.82) is 0 Å². The Morgan fingerprint density at radius 3 is 2.12 bits per heavy atom. The van der Waals surface area contributed by atoms with E-state index in [-0.39, 0.29) is 60.5 Å². The van der Waals surface area contributed by atoms with Crippen LogP contribution in [-0.4, -0.2) is 100 Å². The van der Waals surface area contributed by atoms with Gasteiger partial charge in [0, 0.05) is 38.6 Å². The molecule has 0 saturated carbocycles. The maximum atomic E-state index is 13.5. The molecular weight excluding hydrogens is 747 g/mol. The third-order valence-electron chi connectivity index (χ3n) is 9.78. The van der Waals surface area contributed by atoms with Crippen LogP contribution in [0.2, 0.25) is 0 Å². The molecule has 2 N–H and O–H groups in total. The number of esters is 1. The number of nitrogens with zero attached hydrogens (tertiary/aromatic N) is 1. The lowest BCUT2D eigenvalue weighted by Gasteiger charge is -2.42. The smallest absolute Gasteiger partial charge is 0.409 e. The molecule has 1 saturated heterocycles. The van der Waals surface area contributed by atoms with Gasteiger partial charge < -0.3 is 39.2 Å². The normalized spacial score (nSPS) is 20.1. The number of likely N-dealkylation sites (N-methyl/N-ethyl adjacent to an activating group) is 1. The molecule has 0 aromatic heterocycles. The van der Waals surface area contributed by atoms with E-state index >= 15 is 0 Å². The van der Waals surface area contributed by atoms with E-state index in [4.69, 9.17) is 23.7 Å². The van der Waals surface area contributed by atoms with Gasteiger partial charge in [-0.1, -0.05) is 68.4 Å². The summed E-state index contributed by atoms with van der Waals surface area (Å²) < 4.78 is 51.6. The van der Waals surface area contributed by atoms with Gasteiger partial charge in [0.1, 0.15) is 41.4 Å². The lowest BCUT2D eigenvalue weighted by atomic mass is 9.82. The van der Waals surface area contributed by atoms with Crippen LogP contribution in [0.25, 0.3) is 11.1 Å². The molecule has 15 nitrogen and oxygen atoms in total. The Labute approximate surface area is 325 Å². The highest BCUT2D eigenvalue weighted by molar-refractivity contribution is 7.90. The van der Waals surface area contributed by atoms with Gasteiger partial charge in [-0.3, -0.25) is 14.4 Å². The molecule has 1 aliphatic carbocycles. The number of ketones is 1. The second-order valence-electron chi connectivity index (χ2n) is 14.1. The fraction of sp³-hybridized carbons (Fsp3) is 0.425. The molecule has 0 bridgehead atoms. The number of amides is 3. The van der Waals surface area contributed by atoms with E-state index in [9.17, 15) is 32.4 Å². The van der Waals surface area contributed by atoms with Gasteiger partial charge in [0.25, 0.3) is 0 Å². The lowest BCUT2D eigenvalue weighted by molar-refractivity contribution is -0.241. The number of rotatable bonds is 14. The zero-order valence-corrected chi connectivity index (χ0v) is 32.9. The maximum Gasteiger partial charge on any atom is 0.409 e. The first-order valence-electron chi connectivity index (χ1n) is 18.1. The highest BCUT2D eigenvalue weighted by Gasteiger charge is 2.46. The first-order chi connectivity index (χ1) is 26.5. The van der Waals surface area contributed by atoms with Crippen molar-refractivity contribution in [1.82, 2.24) is 10.2 Å². The first kappa shape index (κ1) is 41.7. The van der Waals surface area contributed by atoms with E-state index < -0.39 is 58.9 Å². The summed E-state index contributed by atoms with van der Waals surface area (Å²) in [5.74, 6) is -2.51. The minimum Gasteiger partial charge on any atom is -0.459 e. The standard InChI is InChI=1S/C40H47N3O12S/c1-23-24(2)37(53-26(4)45)38(55-36(23)25(3)44)54-34-16-15-27(21-51-39(47)41-17-18-56(6,49)50)19-33(34)42-35(46)20-43(5)40(48)52-22-32-30-13-9-7-11-28(30)29-12-8-10-14-31(29)32/h7-16,19,23-24,32,36-38H,17-18,20-22H2,1-6H3,(H,41,47)(H,42,46)/t23-,24-,36-,37+,38+/m0/s1. The topological polar surface area (TPSA) is 193 Å². The SMILES string of the molecule is CC(=O)O[C@H]1[C@H](Oc2ccc(COC(=O)NCCS(C)(=O)=O)cc2NC(=O)CN(C)C(=O)OCC2c3ccccc3-c3ccccc32)O[C@H](C(C)=O)[C@@H](C)[C@@H]1C. The number of ether oxygens (including phenoxy) is 5. The van der Waals surface area contributed by atoms with Crippen LogP contribution in [0.15, 0.2) is 66.7 Å². The Bertz CT molecular complexity index is 2030. The summed E-state index contributed by atoms with van der Waals surface area (Å²) in [7, 11) is -1.88. The maximum absolute atomic E-state index is 13.5. The van der Waals surface area contributed by atoms with Crippen LogP contribution in [0.1, 0.15) is 50.3 Å². The number of carbonyl (C=O) groups is 5. The average molecular weight is 794 g/mol. The molecule has 3 amide bonds. The van der Waals surface area contributed by atoms with Gasteiger partial charge in [0.05, 0.1) is 11.4 Å². The van der Waals surface area contributed by atoms with Crippen molar-refractivity contribution in [2.45, 2.75) is 58.7 Å². The van der Waals surface area contributed by atoms with E-state index in [1.807, 2.05) is 62.4 Å². The number of hydrogen-bond donors (Lipinski definition) is 2. The third-order valence-corrected chi connectivity index (χ3v) is 10.7. The first-order valence-corrected chi connectivity index (χ1v) is 20.2. The van der Waals surface area contributed by atoms with Crippen LogP contribution in [0.5, 0.6) is 5.75 Å². The molecule has 0 spiro atoms. The van der Waals surface area contributed by atoms with Crippen LogP contribution in [0.4, 0.5) is 15.3 Å². The van der Waals surface area contributed by atoms with E-state index in [2.05, 4.69) is 10.6 Å². The quantitative estimate of drug-likeness (QED) is 0.170. The summed E-state index contributed by atoms with van der Waals surface area (Å²) in [6.45, 7) is 5.49. The van der Waals surface area contributed by atoms with E-state index in [1.54, 1.807) is 6.07 Å². The third kappa shape index (κ3) is 10.4. The summed E-state index contributed by atoms with van der Waals surface area (Å²) in [5, 5.41) is 5.09. The molecule has 16 heteroatoms. The fourth-order valence-corrected chi connectivity index (χ4v) is 7.26. The van der Waals surface area contributed by atoms with Crippen molar-refractivity contribution in [3.63, 3.8) is 0 Å². The molecule has 1 aliphatic heterocycles. The molecule has 1 heterocycles. The van der Waals surface area contributed by atoms with Crippen LogP contribution in [0.3, 0.4) is 0 Å². The van der Waals surface area contributed by atoms with Crippen LogP contribution < -0.4 is 15.4 Å². The molecule has 3 aromatic rings. The Balaban J connectivity index is 1.30. The van der Waals surface area contributed by atoms with Crippen molar-refractivity contribution >= 4 is 45.4 Å². The number of alkyl carbamates (subject to hydrolysis) is 1. The van der Waals surface area contributed by atoms with Crippen molar-refractivity contribution in [2.24, 2.45) is 11.8 Å². The Morgan fingerprint density at radius 2 is 1.52 bits per heavy atom. The molecule has 1 fully saturated rings. The summed E-state index contributed by atoms with van der Waals surface area (Å²) in [6, 6.07) is 20.4. The molecule has 56 heavy (non-hydrogen) atoms. The monoisotopic (exact) mass is 793 g/mol. The molecule has 5 rings (SSSR count). The summed E-state index contributed by atoms with van der Waals surface area (Å²) in [5.41, 5.74) is 4.73. The Morgan fingerprint density at radius 1 is 0.875 bits per heavy atom. The van der Waals surface area contributed by atoms with Gasteiger partial charge in [0.15, 0.2) is 11.9 Å². The molecule has 0 unspecified atom stereocenters. The minimum absolute atomic E-state index is 0.0594. The number of hydrogen-bond acceptors (Lipinski definition) is 12. The van der Waals surface area contributed by atoms with Gasteiger partial charge in [-0.05, 0) is 52.8 Å². The van der Waals surface area contributed by atoms with Crippen molar-refractivity contribution in [3.05, 3.63) is 83.4 Å². The highest BCUT2D eigenvalue weighted by Crippen LogP contribution is 2.44. The predicted molar refractivity (Wildman–Crippen MR) is 205 cm³/mol. The summed E-state index contributed by atoms with van der Waals surface area (Å²) >= 11 is 0. The molecule has 0 radical (unpaired) electrons. The fourth-order valence-electron chi connectivity index (χ4n) is 6.79. The molecule has 5 atom stereocenters. The van der Waals surface area contributed by atoms with Crippen molar-refractivity contribution in [3.8, 4) is 16.9 Å². The van der Waals surface area contributed by atoms with Crippen LogP contribution in [0, 0.1) is 11.8 Å².